The number of aromatic carboxylic acids is 1. The van der Waals surface area contributed by atoms with Gasteiger partial charge in [0.05, 0.1) is 25.2 Å². The maximum Gasteiger partial charge on any atom is 0.336 e. The molecule has 0 saturated heterocycles. The van der Waals surface area contributed by atoms with Gasteiger partial charge in [0.1, 0.15) is 11.5 Å². The Morgan fingerprint density at radius 2 is 1.21 bits per heavy atom. The van der Waals surface area contributed by atoms with Gasteiger partial charge in [0.2, 0.25) is 0 Å². The summed E-state index contributed by atoms with van der Waals surface area (Å²) in [6, 6.07) is 29.9. The molecule has 0 fully saturated rings. The largest absolute Gasteiger partial charge is 0.497 e. The highest BCUT2D eigenvalue weighted by Crippen LogP contribution is 2.47. The fourth-order valence-corrected chi connectivity index (χ4v) is 4.54. The molecule has 0 aliphatic rings. The third-order valence-electron chi connectivity index (χ3n) is 6.11. The number of methoxy groups -OCH3 is 2. The van der Waals surface area contributed by atoms with Crippen LogP contribution in [0.3, 0.4) is 0 Å². The minimum Gasteiger partial charge on any atom is -0.497 e. The van der Waals surface area contributed by atoms with Crippen LogP contribution in [-0.2, 0) is 5.41 Å². The van der Waals surface area contributed by atoms with E-state index in [0.717, 1.165) is 16.7 Å². The molecule has 0 saturated carbocycles. The Balaban J connectivity index is 2.19. The first-order valence-electron chi connectivity index (χ1n) is 10.7. The average molecular weight is 453 g/mol. The fourth-order valence-electron chi connectivity index (χ4n) is 4.54. The predicted molar refractivity (Wildman–Crippen MR) is 130 cm³/mol. The van der Waals surface area contributed by atoms with Crippen LogP contribution >= 0.6 is 0 Å². The van der Waals surface area contributed by atoms with Gasteiger partial charge < -0.3 is 14.6 Å². The van der Waals surface area contributed by atoms with Crippen LogP contribution in [0.4, 0.5) is 0 Å². The minimum absolute atomic E-state index is 0.0465. The molecular formula is C29H24O5. The van der Waals surface area contributed by atoms with Gasteiger partial charge in [0, 0.05) is 5.56 Å². The van der Waals surface area contributed by atoms with Gasteiger partial charge in [-0.15, -0.1) is 0 Å². The maximum atomic E-state index is 12.4. The highest BCUT2D eigenvalue weighted by atomic mass is 16.5. The molecule has 0 unspecified atom stereocenters. The number of rotatable bonds is 8. The van der Waals surface area contributed by atoms with Crippen molar-refractivity contribution < 1.29 is 24.2 Å². The summed E-state index contributed by atoms with van der Waals surface area (Å²) in [7, 11) is 3.20. The van der Waals surface area contributed by atoms with Gasteiger partial charge in [0.15, 0.2) is 6.29 Å². The Labute approximate surface area is 198 Å². The molecule has 4 aromatic rings. The number of aldehydes is 1. The van der Waals surface area contributed by atoms with Crippen molar-refractivity contribution in [2.24, 2.45) is 0 Å². The van der Waals surface area contributed by atoms with Crippen LogP contribution in [0.2, 0.25) is 0 Å². The minimum atomic E-state index is -1.16. The molecule has 0 bridgehead atoms. The van der Waals surface area contributed by atoms with Crippen molar-refractivity contribution in [1.82, 2.24) is 0 Å². The number of benzene rings is 4. The average Bonchev–Trinajstić information content (AvgIpc) is 2.90. The third-order valence-corrected chi connectivity index (χ3v) is 6.11. The monoisotopic (exact) mass is 452 g/mol. The lowest BCUT2D eigenvalue weighted by Crippen LogP contribution is -2.33. The van der Waals surface area contributed by atoms with Crippen LogP contribution in [0, 0.1) is 0 Å². The molecule has 0 radical (unpaired) electrons. The number of carbonyl (C=O) groups excluding carboxylic acids is 1. The molecule has 5 heteroatoms. The molecule has 0 aromatic heterocycles. The van der Waals surface area contributed by atoms with Crippen molar-refractivity contribution in [3.63, 3.8) is 0 Å². The topological polar surface area (TPSA) is 72.8 Å². The lowest BCUT2D eigenvalue weighted by Gasteiger charge is -2.38. The molecule has 4 rings (SSSR count). The first kappa shape index (κ1) is 22.8. The number of ether oxygens (including phenoxy) is 2. The van der Waals surface area contributed by atoms with Gasteiger partial charge in [0.25, 0.3) is 0 Å². The molecule has 0 atom stereocenters. The Bertz CT molecular complexity index is 1250. The van der Waals surface area contributed by atoms with Crippen molar-refractivity contribution in [2.45, 2.75) is 5.41 Å². The standard InChI is InChI=1S/C29H24O5/c1-33-23-15-11-21(12-16-23)29(20-7-4-3-5-8-20,22-13-17-24(34-2)18-14-22)27-10-6-9-25(28(31)32)26(27)19-30/h3-19H,1-2H3,(H,31,32). The maximum absolute atomic E-state index is 12.4. The Morgan fingerprint density at radius 1 is 0.706 bits per heavy atom. The van der Waals surface area contributed by atoms with Gasteiger partial charge in [-0.05, 0) is 52.6 Å². The van der Waals surface area contributed by atoms with Crippen LogP contribution in [-0.4, -0.2) is 31.6 Å². The molecule has 0 aliphatic heterocycles. The second-order valence-electron chi connectivity index (χ2n) is 7.76. The lowest BCUT2D eigenvalue weighted by molar-refractivity contribution is 0.0693. The summed E-state index contributed by atoms with van der Waals surface area (Å²) in [5, 5.41) is 9.84. The van der Waals surface area contributed by atoms with Crippen LogP contribution in [0.5, 0.6) is 11.5 Å². The quantitative estimate of drug-likeness (QED) is 0.278. The molecule has 1 N–H and O–H groups in total. The van der Waals surface area contributed by atoms with E-state index >= 15 is 0 Å². The van der Waals surface area contributed by atoms with Crippen molar-refractivity contribution in [3.8, 4) is 11.5 Å². The zero-order valence-corrected chi connectivity index (χ0v) is 18.9. The van der Waals surface area contributed by atoms with Crippen molar-refractivity contribution >= 4 is 12.3 Å². The summed E-state index contributed by atoms with van der Waals surface area (Å²) in [6.07, 6.45) is 0.628. The van der Waals surface area contributed by atoms with Crippen LogP contribution in [0.25, 0.3) is 0 Å². The fraction of sp³-hybridized carbons (Fsp3) is 0.103. The molecule has 0 amide bonds. The van der Waals surface area contributed by atoms with E-state index in [4.69, 9.17) is 9.47 Å². The molecule has 0 spiro atoms. The van der Waals surface area contributed by atoms with Crippen LogP contribution in [0.15, 0.2) is 97.1 Å². The molecule has 0 aliphatic carbocycles. The Morgan fingerprint density at radius 3 is 1.65 bits per heavy atom. The third kappa shape index (κ3) is 3.82. The van der Waals surface area contributed by atoms with E-state index in [1.54, 1.807) is 20.3 Å². The first-order chi connectivity index (χ1) is 16.6. The number of hydrogen-bond donors (Lipinski definition) is 1. The highest BCUT2D eigenvalue weighted by molar-refractivity contribution is 5.99. The molecule has 5 nitrogen and oxygen atoms in total. The summed E-state index contributed by atoms with van der Waals surface area (Å²) in [6.45, 7) is 0. The first-order valence-corrected chi connectivity index (χ1v) is 10.7. The van der Waals surface area contributed by atoms with Crippen molar-refractivity contribution in [2.75, 3.05) is 14.2 Å². The molecular weight excluding hydrogens is 428 g/mol. The zero-order valence-electron chi connectivity index (χ0n) is 18.9. The van der Waals surface area contributed by atoms with E-state index < -0.39 is 11.4 Å². The van der Waals surface area contributed by atoms with E-state index in [2.05, 4.69) is 0 Å². The van der Waals surface area contributed by atoms with E-state index in [9.17, 15) is 14.7 Å². The van der Waals surface area contributed by atoms with Gasteiger partial charge in [-0.2, -0.15) is 0 Å². The Hall–Kier alpha value is -4.38. The number of hydrogen-bond acceptors (Lipinski definition) is 4. The smallest absolute Gasteiger partial charge is 0.336 e. The molecule has 4 aromatic carbocycles. The second kappa shape index (κ2) is 9.63. The summed E-state index contributed by atoms with van der Waals surface area (Å²) in [4.78, 5) is 24.4. The zero-order chi connectivity index (χ0) is 24.1. The van der Waals surface area contributed by atoms with Crippen molar-refractivity contribution in [1.29, 1.82) is 0 Å². The molecule has 170 valence electrons. The summed E-state index contributed by atoms with van der Waals surface area (Å²) in [5.74, 6) is 0.223. The van der Waals surface area contributed by atoms with E-state index in [1.165, 1.54) is 6.07 Å². The van der Waals surface area contributed by atoms with E-state index in [-0.39, 0.29) is 11.1 Å². The second-order valence-corrected chi connectivity index (χ2v) is 7.76. The normalized spacial score (nSPS) is 11.0. The number of carboxylic acids is 1. The predicted octanol–water partition coefficient (Wildman–Crippen LogP) is 5.60. The van der Waals surface area contributed by atoms with Gasteiger partial charge in [-0.25, -0.2) is 4.79 Å². The van der Waals surface area contributed by atoms with Gasteiger partial charge in [-0.1, -0.05) is 66.7 Å². The highest BCUT2D eigenvalue weighted by Gasteiger charge is 2.41. The summed E-state index contributed by atoms with van der Waals surface area (Å²) >= 11 is 0. The van der Waals surface area contributed by atoms with Gasteiger partial charge in [-0.3, -0.25) is 4.79 Å². The number of carbonyl (C=O) groups is 2. The number of carboxylic acid groups (broad SMARTS) is 1. The SMILES string of the molecule is COc1ccc(C(c2ccccc2)(c2ccc(OC)cc2)c2cccc(C(=O)O)c2C=O)cc1. The molecule has 34 heavy (non-hydrogen) atoms. The summed E-state index contributed by atoms with van der Waals surface area (Å²) in [5.41, 5.74) is 2.27. The van der Waals surface area contributed by atoms with Gasteiger partial charge >= 0.3 is 5.97 Å². The van der Waals surface area contributed by atoms with E-state index in [0.29, 0.717) is 23.3 Å². The van der Waals surface area contributed by atoms with E-state index in [1.807, 2.05) is 84.9 Å². The van der Waals surface area contributed by atoms with Crippen molar-refractivity contribution in [3.05, 3.63) is 130 Å². The Kier molecular flexibility index (Phi) is 6.46. The lowest BCUT2D eigenvalue weighted by atomic mass is 9.63. The van der Waals surface area contributed by atoms with Crippen LogP contribution < -0.4 is 9.47 Å². The van der Waals surface area contributed by atoms with Crippen LogP contribution in [0.1, 0.15) is 43.0 Å². The summed E-state index contributed by atoms with van der Waals surface area (Å²) < 4.78 is 10.7. The molecule has 0 heterocycles.